The highest BCUT2D eigenvalue weighted by molar-refractivity contribution is 6.06. The molecule has 4 aliphatic rings. The predicted octanol–water partition coefficient (Wildman–Crippen LogP) is 0.775. The van der Waals surface area contributed by atoms with Gasteiger partial charge in [-0.25, -0.2) is 0 Å². The molecule has 2 amide bonds. The highest BCUT2D eigenvalue weighted by Crippen LogP contribution is 2.52. The van der Waals surface area contributed by atoms with E-state index >= 15 is 0 Å². The minimum atomic E-state index is -0.111. The van der Waals surface area contributed by atoms with Crippen LogP contribution in [-0.2, 0) is 14.3 Å². The molecule has 3 fully saturated rings. The molecule has 3 aliphatic carbocycles. The lowest BCUT2D eigenvalue weighted by Crippen LogP contribution is -2.45. The molecule has 0 radical (unpaired) electrons. The number of carbonyl (C=O) groups excluding carboxylic acids is 2. The first-order valence-corrected chi connectivity index (χ1v) is 10.1. The summed E-state index contributed by atoms with van der Waals surface area (Å²) in [6.07, 6.45) is 8.72. The summed E-state index contributed by atoms with van der Waals surface area (Å²) >= 11 is 0. The fraction of sp³-hybridized carbons (Fsp3) is 0.750. The van der Waals surface area contributed by atoms with Crippen LogP contribution in [0.25, 0.3) is 0 Å². The van der Waals surface area contributed by atoms with E-state index in [1.807, 2.05) is 0 Å². The summed E-state index contributed by atoms with van der Waals surface area (Å²) < 4.78 is 5.20. The number of allylic oxidation sites excluding steroid dienone is 2. The van der Waals surface area contributed by atoms with Crippen LogP contribution in [0.15, 0.2) is 17.1 Å². The molecule has 2 N–H and O–H groups in total. The Kier molecular flexibility index (Phi) is 4.97. The highest BCUT2D eigenvalue weighted by Gasteiger charge is 2.58. The van der Waals surface area contributed by atoms with Crippen LogP contribution in [0.3, 0.4) is 0 Å². The van der Waals surface area contributed by atoms with Gasteiger partial charge in [0.25, 0.3) is 0 Å². The molecule has 27 heavy (non-hydrogen) atoms. The summed E-state index contributed by atoms with van der Waals surface area (Å²) in [7, 11) is 3.48. The van der Waals surface area contributed by atoms with E-state index in [-0.39, 0.29) is 35.5 Å². The zero-order valence-electron chi connectivity index (χ0n) is 16.2. The zero-order valence-corrected chi connectivity index (χ0v) is 16.2. The van der Waals surface area contributed by atoms with Crippen molar-refractivity contribution in [3.63, 3.8) is 0 Å². The van der Waals surface area contributed by atoms with E-state index in [1.54, 1.807) is 14.2 Å². The van der Waals surface area contributed by atoms with E-state index in [2.05, 4.69) is 27.8 Å². The number of rotatable bonds is 8. The van der Waals surface area contributed by atoms with Crippen LogP contribution in [-0.4, -0.2) is 63.1 Å². The lowest BCUT2D eigenvalue weighted by molar-refractivity contribution is -0.140. The van der Waals surface area contributed by atoms with Gasteiger partial charge in [0.2, 0.25) is 11.8 Å². The molecule has 0 aromatic rings. The number of ether oxygens (including phenoxy) is 1. The van der Waals surface area contributed by atoms with Gasteiger partial charge in [-0.05, 0) is 42.9 Å². The Morgan fingerprint density at radius 2 is 1.89 bits per heavy atom. The smallest absolute Gasteiger partial charge is 0.233 e. The Hall–Kier alpha value is -1.89. The van der Waals surface area contributed by atoms with Gasteiger partial charge in [-0.1, -0.05) is 12.2 Å². The molecule has 0 aromatic heterocycles. The predicted molar refractivity (Wildman–Crippen MR) is 102 cm³/mol. The molecule has 4 unspecified atom stereocenters. The van der Waals surface area contributed by atoms with Crippen molar-refractivity contribution < 1.29 is 14.3 Å². The maximum Gasteiger partial charge on any atom is 0.233 e. The van der Waals surface area contributed by atoms with Gasteiger partial charge in [-0.15, -0.1) is 0 Å². The lowest BCUT2D eigenvalue weighted by Gasteiger charge is -2.20. The van der Waals surface area contributed by atoms with Crippen molar-refractivity contribution in [1.82, 2.24) is 15.5 Å². The first-order valence-electron chi connectivity index (χ1n) is 10.1. The number of imide groups is 1. The Bertz CT molecular complexity index is 640. The van der Waals surface area contributed by atoms with Crippen molar-refractivity contribution in [2.24, 2.45) is 34.1 Å². The fourth-order valence-electron chi connectivity index (χ4n) is 4.97. The molecular weight excluding hydrogens is 344 g/mol. The minimum absolute atomic E-state index is 0.0168. The third-order valence-corrected chi connectivity index (χ3v) is 6.84. The SMILES string of the molecule is CN=C(NCCN1C(=O)C2C3C=CC(C3)C2C1=O)NCC1(CCOC)CC1. The summed E-state index contributed by atoms with van der Waals surface area (Å²) in [6.45, 7) is 2.58. The molecule has 2 bridgehead atoms. The standard InChI is InChI=1S/C20H30N4O3/c1-21-19(23-12-20(5-6-20)7-10-27-2)22-8-9-24-17(25)15-13-3-4-14(11-13)16(15)18(24)26/h3-4,13-16H,5-12H2,1-2H3,(H2,21,22,23). The van der Waals surface area contributed by atoms with E-state index in [4.69, 9.17) is 4.74 Å². The summed E-state index contributed by atoms with van der Waals surface area (Å²) in [6, 6.07) is 0. The fourth-order valence-corrected chi connectivity index (χ4v) is 4.97. The molecule has 1 aliphatic heterocycles. The summed E-state index contributed by atoms with van der Waals surface area (Å²) in [5.41, 5.74) is 0.332. The number of nitrogens with one attached hydrogen (secondary N) is 2. The maximum atomic E-state index is 12.7. The third kappa shape index (κ3) is 3.37. The Morgan fingerprint density at radius 3 is 2.44 bits per heavy atom. The van der Waals surface area contributed by atoms with Crippen molar-refractivity contribution in [1.29, 1.82) is 0 Å². The van der Waals surface area contributed by atoms with E-state index in [1.165, 1.54) is 17.7 Å². The van der Waals surface area contributed by atoms with Crippen molar-refractivity contribution >= 4 is 17.8 Å². The number of amides is 2. The second-order valence-corrected chi connectivity index (χ2v) is 8.42. The molecule has 148 valence electrons. The van der Waals surface area contributed by atoms with Gasteiger partial charge in [0.1, 0.15) is 0 Å². The monoisotopic (exact) mass is 374 g/mol. The number of guanidine groups is 1. The molecule has 1 saturated heterocycles. The van der Waals surface area contributed by atoms with Crippen LogP contribution in [0.5, 0.6) is 0 Å². The van der Waals surface area contributed by atoms with Gasteiger partial charge in [-0.2, -0.15) is 0 Å². The molecule has 4 rings (SSSR count). The van der Waals surface area contributed by atoms with Crippen molar-refractivity contribution in [3.8, 4) is 0 Å². The Labute approximate surface area is 160 Å². The average Bonchev–Trinajstić information content (AvgIpc) is 3.02. The van der Waals surface area contributed by atoms with E-state index in [0.29, 0.717) is 18.5 Å². The number of likely N-dealkylation sites (tertiary alicyclic amines) is 1. The van der Waals surface area contributed by atoms with Gasteiger partial charge in [0, 0.05) is 40.4 Å². The maximum absolute atomic E-state index is 12.7. The zero-order chi connectivity index (χ0) is 19.0. The second-order valence-electron chi connectivity index (χ2n) is 8.42. The summed E-state index contributed by atoms with van der Waals surface area (Å²) in [4.78, 5) is 31.1. The van der Waals surface area contributed by atoms with Gasteiger partial charge in [-0.3, -0.25) is 19.5 Å². The molecule has 4 atom stereocenters. The van der Waals surface area contributed by atoms with Crippen LogP contribution in [0, 0.1) is 29.1 Å². The number of fused-ring (bicyclic) bond motifs is 5. The van der Waals surface area contributed by atoms with Crippen LogP contribution in [0.1, 0.15) is 25.7 Å². The molecule has 7 nitrogen and oxygen atoms in total. The number of methoxy groups -OCH3 is 1. The first kappa shape index (κ1) is 18.5. The van der Waals surface area contributed by atoms with Crippen molar-refractivity contribution in [3.05, 3.63) is 12.2 Å². The van der Waals surface area contributed by atoms with Gasteiger partial charge in [0.05, 0.1) is 11.8 Å². The number of nitrogens with zero attached hydrogens (tertiary/aromatic N) is 2. The van der Waals surface area contributed by atoms with E-state index < -0.39 is 0 Å². The highest BCUT2D eigenvalue weighted by atomic mass is 16.5. The van der Waals surface area contributed by atoms with Crippen LogP contribution in [0.4, 0.5) is 0 Å². The van der Waals surface area contributed by atoms with E-state index in [0.717, 1.165) is 32.0 Å². The molecule has 0 spiro atoms. The average molecular weight is 374 g/mol. The number of carbonyl (C=O) groups is 2. The third-order valence-electron chi connectivity index (χ3n) is 6.84. The van der Waals surface area contributed by atoms with Gasteiger partial charge in [0.15, 0.2) is 5.96 Å². The van der Waals surface area contributed by atoms with Crippen LogP contribution >= 0.6 is 0 Å². The second kappa shape index (κ2) is 7.26. The molecule has 1 heterocycles. The largest absolute Gasteiger partial charge is 0.385 e. The van der Waals surface area contributed by atoms with Crippen molar-refractivity contribution in [2.45, 2.75) is 25.7 Å². The summed E-state index contributed by atoms with van der Waals surface area (Å²) in [5, 5.41) is 6.62. The Balaban J connectivity index is 1.23. The van der Waals surface area contributed by atoms with Crippen LogP contribution in [0.2, 0.25) is 0 Å². The minimum Gasteiger partial charge on any atom is -0.385 e. The topological polar surface area (TPSA) is 83.0 Å². The van der Waals surface area contributed by atoms with Gasteiger partial charge < -0.3 is 15.4 Å². The molecule has 0 aromatic carbocycles. The quantitative estimate of drug-likeness (QED) is 0.284. The molecular formula is C20H30N4O3. The number of aliphatic imine (C=N–C) groups is 1. The molecule has 2 saturated carbocycles. The van der Waals surface area contributed by atoms with E-state index in [9.17, 15) is 9.59 Å². The summed E-state index contributed by atoms with van der Waals surface area (Å²) in [5.74, 6) is 1.07. The van der Waals surface area contributed by atoms with Gasteiger partial charge >= 0.3 is 0 Å². The number of hydrogen-bond acceptors (Lipinski definition) is 4. The molecule has 7 heteroatoms. The lowest BCUT2D eigenvalue weighted by atomic mass is 9.85. The number of hydrogen-bond donors (Lipinski definition) is 2. The first-order chi connectivity index (χ1) is 13.1. The van der Waals surface area contributed by atoms with Crippen LogP contribution < -0.4 is 10.6 Å². The normalized spacial score (nSPS) is 33.0. The van der Waals surface area contributed by atoms with Crippen molar-refractivity contribution in [2.75, 3.05) is 40.4 Å². The Morgan fingerprint density at radius 1 is 1.22 bits per heavy atom.